The second kappa shape index (κ2) is 9.62. The van der Waals surface area contributed by atoms with Crippen LogP contribution in [0.15, 0.2) is 53.4 Å². The van der Waals surface area contributed by atoms with E-state index < -0.39 is 28.0 Å². The van der Waals surface area contributed by atoms with Crippen LogP contribution in [-0.2, 0) is 26.1 Å². The van der Waals surface area contributed by atoms with Gasteiger partial charge in [0.15, 0.2) is 6.10 Å². The second-order valence-corrected chi connectivity index (χ2v) is 8.41. The first-order chi connectivity index (χ1) is 13.6. The van der Waals surface area contributed by atoms with Crippen LogP contribution in [0.4, 0.5) is 4.39 Å². The summed E-state index contributed by atoms with van der Waals surface area (Å²) in [6.07, 6.45) is -1.10. The van der Waals surface area contributed by atoms with E-state index in [1.165, 1.54) is 55.5 Å². The number of amides is 1. The van der Waals surface area contributed by atoms with Gasteiger partial charge in [0.25, 0.3) is 5.91 Å². The van der Waals surface area contributed by atoms with E-state index in [0.29, 0.717) is 5.56 Å². The maximum absolute atomic E-state index is 12.9. The minimum Gasteiger partial charge on any atom is -0.449 e. The average Bonchev–Trinajstić information content (AvgIpc) is 2.66. The van der Waals surface area contributed by atoms with Gasteiger partial charge in [0.1, 0.15) is 5.82 Å². The molecule has 0 fully saturated rings. The van der Waals surface area contributed by atoms with Crippen LogP contribution in [0.1, 0.15) is 36.7 Å². The van der Waals surface area contributed by atoms with Gasteiger partial charge in [-0.3, -0.25) is 4.79 Å². The Bertz CT molecular complexity index is 975. The van der Waals surface area contributed by atoms with Crippen LogP contribution >= 0.6 is 0 Å². The molecule has 0 saturated heterocycles. The lowest BCUT2D eigenvalue weighted by atomic mass is 10.2. The van der Waals surface area contributed by atoms with Crippen molar-refractivity contribution in [1.29, 1.82) is 0 Å². The van der Waals surface area contributed by atoms with Gasteiger partial charge in [-0.15, -0.1) is 0 Å². The molecular weight excluding hydrogens is 399 g/mol. The Morgan fingerprint density at radius 2 is 1.72 bits per heavy atom. The monoisotopic (exact) mass is 422 g/mol. The lowest BCUT2D eigenvalue weighted by molar-refractivity contribution is -0.129. The van der Waals surface area contributed by atoms with Crippen LogP contribution in [-0.4, -0.2) is 32.4 Å². The summed E-state index contributed by atoms with van der Waals surface area (Å²) in [6.45, 7) is 4.91. The maximum Gasteiger partial charge on any atom is 0.338 e. The quantitative estimate of drug-likeness (QED) is 0.636. The van der Waals surface area contributed by atoms with Crippen molar-refractivity contribution in [2.45, 2.75) is 44.4 Å². The smallest absolute Gasteiger partial charge is 0.338 e. The molecule has 2 rings (SSSR count). The number of hydrogen-bond donors (Lipinski definition) is 2. The minimum absolute atomic E-state index is 0.00909. The molecule has 2 aromatic carbocycles. The fraction of sp³-hybridized carbons (Fsp3) is 0.300. The first kappa shape index (κ1) is 22.5. The molecular formula is C20H23FN2O5S. The van der Waals surface area contributed by atoms with Gasteiger partial charge >= 0.3 is 5.97 Å². The normalized spacial score (nSPS) is 12.4. The van der Waals surface area contributed by atoms with E-state index in [1.54, 1.807) is 13.8 Å². The van der Waals surface area contributed by atoms with Crippen LogP contribution in [0.2, 0.25) is 0 Å². The fourth-order valence-electron chi connectivity index (χ4n) is 2.39. The zero-order valence-corrected chi connectivity index (χ0v) is 17.1. The van der Waals surface area contributed by atoms with Gasteiger partial charge in [-0.05, 0) is 56.7 Å². The lowest BCUT2D eigenvalue weighted by Crippen LogP contribution is -2.35. The molecule has 2 N–H and O–H groups in total. The summed E-state index contributed by atoms with van der Waals surface area (Å²) in [4.78, 5) is 24.4. The summed E-state index contributed by atoms with van der Waals surface area (Å²) >= 11 is 0. The number of rotatable bonds is 8. The van der Waals surface area contributed by atoms with Gasteiger partial charge < -0.3 is 10.1 Å². The third-order valence-electron chi connectivity index (χ3n) is 3.80. The number of benzene rings is 2. The van der Waals surface area contributed by atoms with Crippen molar-refractivity contribution >= 4 is 21.9 Å². The van der Waals surface area contributed by atoms with Crippen molar-refractivity contribution in [1.82, 2.24) is 10.0 Å². The highest BCUT2D eigenvalue weighted by Gasteiger charge is 2.21. The van der Waals surface area contributed by atoms with Crippen LogP contribution in [0.25, 0.3) is 0 Å². The molecule has 9 heteroatoms. The van der Waals surface area contributed by atoms with Crippen molar-refractivity contribution in [3.05, 3.63) is 65.5 Å². The van der Waals surface area contributed by atoms with E-state index in [-0.39, 0.29) is 28.9 Å². The zero-order chi connectivity index (χ0) is 21.6. The maximum atomic E-state index is 12.9. The largest absolute Gasteiger partial charge is 0.449 e. The first-order valence-electron chi connectivity index (χ1n) is 8.94. The first-order valence-corrected chi connectivity index (χ1v) is 10.4. The average molecular weight is 422 g/mol. The Morgan fingerprint density at radius 3 is 2.34 bits per heavy atom. The molecule has 0 heterocycles. The van der Waals surface area contributed by atoms with Crippen LogP contribution in [0, 0.1) is 5.82 Å². The molecule has 29 heavy (non-hydrogen) atoms. The van der Waals surface area contributed by atoms with E-state index in [1.807, 2.05) is 0 Å². The van der Waals surface area contributed by atoms with Gasteiger partial charge in [0, 0.05) is 12.6 Å². The third kappa shape index (κ3) is 6.65. The molecule has 1 amide bonds. The van der Waals surface area contributed by atoms with Gasteiger partial charge in [-0.2, -0.15) is 0 Å². The number of halogens is 1. The van der Waals surface area contributed by atoms with E-state index in [2.05, 4.69) is 10.0 Å². The van der Waals surface area contributed by atoms with E-state index in [9.17, 15) is 22.4 Å². The summed E-state index contributed by atoms with van der Waals surface area (Å²) in [5.74, 6) is -1.74. The number of sulfonamides is 1. The standard InChI is InChI=1S/C20H23FN2O5S/c1-13(2)23-29(26,27)18-6-4-5-16(11-18)20(25)28-14(3)19(24)22-12-15-7-9-17(21)10-8-15/h4-11,13-14,23H,12H2,1-3H3,(H,22,24)/t14-/m0/s1. The van der Waals surface area contributed by atoms with Gasteiger partial charge in [0.2, 0.25) is 10.0 Å². The van der Waals surface area contributed by atoms with Crippen molar-refractivity contribution in [2.75, 3.05) is 0 Å². The number of ether oxygens (including phenoxy) is 1. The van der Waals surface area contributed by atoms with E-state index in [4.69, 9.17) is 4.74 Å². The number of carbonyl (C=O) groups is 2. The Balaban J connectivity index is 1.99. The van der Waals surface area contributed by atoms with Gasteiger partial charge in [0.05, 0.1) is 10.5 Å². The molecule has 0 bridgehead atoms. The molecule has 156 valence electrons. The lowest BCUT2D eigenvalue weighted by Gasteiger charge is -2.14. The molecule has 0 unspecified atom stereocenters. The molecule has 0 aliphatic rings. The molecule has 2 aromatic rings. The van der Waals surface area contributed by atoms with Crippen molar-refractivity contribution in [3.63, 3.8) is 0 Å². The molecule has 0 aliphatic heterocycles. The zero-order valence-electron chi connectivity index (χ0n) is 16.3. The van der Waals surface area contributed by atoms with Crippen molar-refractivity contribution in [2.24, 2.45) is 0 Å². The van der Waals surface area contributed by atoms with Gasteiger partial charge in [-0.25, -0.2) is 22.3 Å². The summed E-state index contributed by atoms with van der Waals surface area (Å²) in [5.41, 5.74) is 0.698. The molecule has 0 spiro atoms. The number of carbonyl (C=O) groups excluding carboxylic acids is 2. The Morgan fingerprint density at radius 1 is 1.07 bits per heavy atom. The topological polar surface area (TPSA) is 102 Å². The highest BCUT2D eigenvalue weighted by atomic mass is 32.2. The molecule has 0 radical (unpaired) electrons. The van der Waals surface area contributed by atoms with Crippen LogP contribution in [0.5, 0.6) is 0 Å². The summed E-state index contributed by atoms with van der Waals surface area (Å²) < 4.78 is 44.9. The van der Waals surface area contributed by atoms with Crippen molar-refractivity contribution < 1.29 is 27.1 Å². The molecule has 0 saturated carbocycles. The molecule has 0 aromatic heterocycles. The molecule has 1 atom stereocenters. The minimum atomic E-state index is -3.77. The summed E-state index contributed by atoms with van der Waals surface area (Å²) in [5, 5.41) is 2.59. The second-order valence-electron chi connectivity index (χ2n) is 6.70. The van der Waals surface area contributed by atoms with Crippen molar-refractivity contribution in [3.8, 4) is 0 Å². The summed E-state index contributed by atoms with van der Waals surface area (Å²) in [7, 11) is -3.77. The van der Waals surface area contributed by atoms with Crippen LogP contribution < -0.4 is 10.0 Å². The predicted molar refractivity (Wildman–Crippen MR) is 105 cm³/mol. The highest BCUT2D eigenvalue weighted by molar-refractivity contribution is 7.89. The predicted octanol–water partition coefficient (Wildman–Crippen LogP) is 2.37. The SMILES string of the molecule is CC(C)NS(=O)(=O)c1cccc(C(=O)O[C@@H](C)C(=O)NCc2ccc(F)cc2)c1. The van der Waals surface area contributed by atoms with E-state index in [0.717, 1.165) is 0 Å². The number of esters is 1. The van der Waals surface area contributed by atoms with E-state index >= 15 is 0 Å². The Labute approximate surface area is 169 Å². The third-order valence-corrected chi connectivity index (χ3v) is 5.46. The number of nitrogens with one attached hydrogen (secondary N) is 2. The molecule has 7 nitrogen and oxygen atoms in total. The highest BCUT2D eigenvalue weighted by Crippen LogP contribution is 2.14. The van der Waals surface area contributed by atoms with Gasteiger partial charge in [-0.1, -0.05) is 18.2 Å². The Hall–Kier alpha value is -2.78. The van der Waals surface area contributed by atoms with Crippen LogP contribution in [0.3, 0.4) is 0 Å². The number of hydrogen-bond acceptors (Lipinski definition) is 5. The summed E-state index contributed by atoms with van der Waals surface area (Å²) in [6, 6.07) is 10.7. The fourth-order valence-corrected chi connectivity index (χ4v) is 3.68. The Kier molecular flexibility index (Phi) is 7.46. The molecule has 0 aliphatic carbocycles.